The second-order valence-electron chi connectivity index (χ2n) is 6.79. The Labute approximate surface area is 157 Å². The Morgan fingerprint density at radius 2 is 2.00 bits per heavy atom. The van der Waals surface area contributed by atoms with Gasteiger partial charge in [0, 0.05) is 17.1 Å². The average Bonchev–Trinajstić information content (AvgIpc) is 2.83. The molecule has 0 aromatic heterocycles. The number of aromatic hydroxyl groups is 1. The van der Waals surface area contributed by atoms with E-state index in [4.69, 9.17) is 16.3 Å². The number of carbonyl (C=O) groups is 1. The van der Waals surface area contributed by atoms with Crippen molar-refractivity contribution < 1.29 is 19.7 Å². The number of phenols is 1. The molecule has 2 N–H and O–H groups in total. The van der Waals surface area contributed by atoms with Crippen LogP contribution in [0.15, 0.2) is 36.4 Å². The van der Waals surface area contributed by atoms with Crippen molar-refractivity contribution in [3.63, 3.8) is 0 Å². The summed E-state index contributed by atoms with van der Waals surface area (Å²) >= 11 is 6.07. The van der Waals surface area contributed by atoms with E-state index in [0.717, 1.165) is 11.1 Å². The Morgan fingerprint density at radius 1 is 1.23 bits per heavy atom. The van der Waals surface area contributed by atoms with Gasteiger partial charge < -0.3 is 19.8 Å². The first-order chi connectivity index (χ1) is 12.4. The summed E-state index contributed by atoms with van der Waals surface area (Å²) in [7, 11) is 0. The van der Waals surface area contributed by atoms with Crippen molar-refractivity contribution in [2.45, 2.75) is 26.5 Å². The highest BCUT2D eigenvalue weighted by Crippen LogP contribution is 2.38. The predicted octanol–water partition coefficient (Wildman–Crippen LogP) is 3.45. The zero-order valence-electron chi connectivity index (χ0n) is 14.8. The molecule has 0 saturated heterocycles. The van der Waals surface area contributed by atoms with E-state index in [0.29, 0.717) is 22.9 Å². The van der Waals surface area contributed by atoms with E-state index in [1.807, 2.05) is 24.3 Å². The molecule has 0 saturated carbocycles. The Morgan fingerprint density at radius 3 is 2.69 bits per heavy atom. The summed E-state index contributed by atoms with van der Waals surface area (Å²) in [5.74, 6) is -0.0947. The van der Waals surface area contributed by atoms with Gasteiger partial charge in [-0.15, -0.1) is 0 Å². The molecule has 26 heavy (non-hydrogen) atoms. The lowest BCUT2D eigenvalue weighted by Gasteiger charge is -2.24. The van der Waals surface area contributed by atoms with Crippen LogP contribution in [0.25, 0.3) is 11.1 Å². The van der Waals surface area contributed by atoms with Crippen LogP contribution >= 0.6 is 11.6 Å². The maximum atomic E-state index is 12.5. The number of rotatable bonds is 3. The number of benzene rings is 2. The summed E-state index contributed by atoms with van der Waals surface area (Å²) in [4.78, 5) is 14.1. The van der Waals surface area contributed by atoms with E-state index in [-0.39, 0.29) is 30.7 Å². The third-order valence-electron chi connectivity index (χ3n) is 4.47. The van der Waals surface area contributed by atoms with Crippen LogP contribution in [0.4, 0.5) is 0 Å². The van der Waals surface area contributed by atoms with E-state index in [9.17, 15) is 15.0 Å². The zero-order chi connectivity index (χ0) is 18.8. The number of amides is 1. The standard InChI is InChI=1S/C20H22ClNO4/c1-12(2)18(24)20(25)22-6-7-26-19-15(11-22)8-14(10-17(19)23)13-4-3-5-16(21)9-13/h3-5,8-10,12,18,23-24H,6-7,11H2,1-2H3/t18-/m1/s1. The second-order valence-corrected chi connectivity index (χ2v) is 7.23. The molecule has 0 aliphatic carbocycles. The number of phenolic OH excluding ortho intramolecular Hbond substituents is 1. The van der Waals surface area contributed by atoms with Crippen LogP contribution in [-0.2, 0) is 11.3 Å². The molecule has 1 atom stereocenters. The topological polar surface area (TPSA) is 70.0 Å². The molecular weight excluding hydrogens is 354 g/mol. The summed E-state index contributed by atoms with van der Waals surface area (Å²) in [5, 5.41) is 21.1. The Hall–Kier alpha value is -2.24. The van der Waals surface area contributed by atoms with Gasteiger partial charge in [0.1, 0.15) is 12.7 Å². The number of carbonyl (C=O) groups excluding carboxylic acids is 1. The smallest absolute Gasteiger partial charge is 0.252 e. The van der Waals surface area contributed by atoms with E-state index in [1.54, 1.807) is 30.9 Å². The van der Waals surface area contributed by atoms with Crippen LogP contribution in [0.1, 0.15) is 19.4 Å². The molecule has 0 bridgehead atoms. The van der Waals surface area contributed by atoms with Gasteiger partial charge in [-0.25, -0.2) is 0 Å². The normalized spacial score (nSPS) is 15.2. The van der Waals surface area contributed by atoms with Gasteiger partial charge in [-0.1, -0.05) is 37.6 Å². The highest BCUT2D eigenvalue weighted by molar-refractivity contribution is 6.30. The number of aliphatic hydroxyl groups is 1. The van der Waals surface area contributed by atoms with E-state index in [2.05, 4.69) is 0 Å². The van der Waals surface area contributed by atoms with Crippen molar-refractivity contribution in [3.05, 3.63) is 47.0 Å². The molecule has 3 rings (SSSR count). The fourth-order valence-corrected chi connectivity index (χ4v) is 3.18. The van der Waals surface area contributed by atoms with Crippen LogP contribution in [0, 0.1) is 5.92 Å². The van der Waals surface area contributed by atoms with E-state index < -0.39 is 6.10 Å². The average molecular weight is 376 g/mol. The maximum absolute atomic E-state index is 12.5. The molecule has 1 amide bonds. The van der Waals surface area contributed by atoms with Gasteiger partial charge >= 0.3 is 0 Å². The lowest BCUT2D eigenvalue weighted by molar-refractivity contribution is -0.143. The minimum atomic E-state index is -1.05. The van der Waals surface area contributed by atoms with Gasteiger partial charge in [-0.2, -0.15) is 0 Å². The molecular formula is C20H22ClNO4. The molecule has 1 aliphatic rings. The fraction of sp³-hybridized carbons (Fsp3) is 0.350. The molecule has 138 valence electrons. The Balaban J connectivity index is 1.96. The van der Waals surface area contributed by atoms with Gasteiger partial charge in [-0.3, -0.25) is 4.79 Å². The highest BCUT2D eigenvalue weighted by atomic mass is 35.5. The minimum absolute atomic E-state index is 0.0242. The van der Waals surface area contributed by atoms with E-state index >= 15 is 0 Å². The number of halogens is 1. The van der Waals surface area contributed by atoms with Crippen molar-refractivity contribution in [1.29, 1.82) is 0 Å². The van der Waals surface area contributed by atoms with Crippen LogP contribution in [0.3, 0.4) is 0 Å². The SMILES string of the molecule is CC(C)[C@@H](O)C(=O)N1CCOc2c(O)cc(-c3cccc(Cl)c3)cc2C1. The predicted molar refractivity (Wildman–Crippen MR) is 100 cm³/mol. The number of aliphatic hydroxyl groups excluding tert-OH is 1. The summed E-state index contributed by atoms with van der Waals surface area (Å²) in [5.41, 5.74) is 2.34. The summed E-state index contributed by atoms with van der Waals surface area (Å²) < 4.78 is 5.66. The molecule has 0 fully saturated rings. The molecule has 2 aromatic rings. The zero-order valence-corrected chi connectivity index (χ0v) is 15.5. The number of nitrogens with zero attached hydrogens (tertiary/aromatic N) is 1. The third-order valence-corrected chi connectivity index (χ3v) is 4.70. The Bertz CT molecular complexity index is 821. The molecule has 0 unspecified atom stereocenters. The number of hydrogen-bond acceptors (Lipinski definition) is 4. The van der Waals surface area contributed by atoms with Crippen molar-refractivity contribution in [2.75, 3.05) is 13.2 Å². The summed E-state index contributed by atoms with van der Waals surface area (Å²) in [6.07, 6.45) is -1.05. The monoisotopic (exact) mass is 375 g/mol. The molecule has 1 heterocycles. The van der Waals surface area contributed by atoms with Gasteiger partial charge in [0.25, 0.3) is 5.91 Å². The lowest BCUT2D eigenvalue weighted by Crippen LogP contribution is -2.42. The first kappa shape index (κ1) is 18.5. The van der Waals surface area contributed by atoms with Crippen LogP contribution < -0.4 is 4.74 Å². The highest BCUT2D eigenvalue weighted by Gasteiger charge is 2.28. The largest absolute Gasteiger partial charge is 0.504 e. The van der Waals surface area contributed by atoms with Crippen molar-refractivity contribution in [1.82, 2.24) is 4.90 Å². The van der Waals surface area contributed by atoms with Gasteiger partial charge in [0.2, 0.25) is 0 Å². The van der Waals surface area contributed by atoms with Crippen LogP contribution in [-0.4, -0.2) is 40.3 Å². The van der Waals surface area contributed by atoms with E-state index in [1.165, 1.54) is 0 Å². The first-order valence-electron chi connectivity index (χ1n) is 8.58. The number of hydrogen-bond donors (Lipinski definition) is 2. The molecule has 5 nitrogen and oxygen atoms in total. The van der Waals surface area contributed by atoms with Gasteiger partial charge in [0.15, 0.2) is 11.5 Å². The lowest BCUT2D eigenvalue weighted by atomic mass is 10.0. The third kappa shape index (κ3) is 3.79. The van der Waals surface area contributed by atoms with Crippen molar-refractivity contribution >= 4 is 17.5 Å². The first-order valence-corrected chi connectivity index (χ1v) is 8.96. The number of fused-ring (bicyclic) bond motifs is 1. The summed E-state index contributed by atoms with van der Waals surface area (Å²) in [6, 6.07) is 10.8. The van der Waals surface area contributed by atoms with Gasteiger partial charge in [-0.05, 0) is 41.3 Å². The van der Waals surface area contributed by atoms with Crippen molar-refractivity contribution in [2.24, 2.45) is 5.92 Å². The second kappa shape index (κ2) is 7.56. The fourth-order valence-electron chi connectivity index (χ4n) is 2.99. The number of ether oxygens (including phenoxy) is 1. The molecule has 2 aromatic carbocycles. The maximum Gasteiger partial charge on any atom is 0.252 e. The Kier molecular flexibility index (Phi) is 5.39. The minimum Gasteiger partial charge on any atom is -0.504 e. The molecule has 0 spiro atoms. The van der Waals surface area contributed by atoms with Crippen LogP contribution in [0.2, 0.25) is 5.02 Å². The molecule has 6 heteroatoms. The van der Waals surface area contributed by atoms with Gasteiger partial charge in [0.05, 0.1) is 6.54 Å². The molecule has 0 radical (unpaired) electrons. The summed E-state index contributed by atoms with van der Waals surface area (Å²) in [6.45, 7) is 4.47. The molecule has 1 aliphatic heterocycles. The van der Waals surface area contributed by atoms with Crippen LogP contribution in [0.5, 0.6) is 11.5 Å². The quantitative estimate of drug-likeness (QED) is 0.862. The van der Waals surface area contributed by atoms with Crippen molar-refractivity contribution in [3.8, 4) is 22.6 Å².